The van der Waals surface area contributed by atoms with Gasteiger partial charge in [0.25, 0.3) is 0 Å². The van der Waals surface area contributed by atoms with Crippen LogP contribution in [0.5, 0.6) is 11.5 Å². The zero-order chi connectivity index (χ0) is 17.3. The van der Waals surface area contributed by atoms with E-state index in [1.165, 1.54) is 0 Å². The lowest BCUT2D eigenvalue weighted by Gasteiger charge is -2.25. The van der Waals surface area contributed by atoms with Crippen LogP contribution in [0.1, 0.15) is 32.1 Å². The van der Waals surface area contributed by atoms with E-state index < -0.39 is 0 Å². The standard InChI is InChI=1S/C18H22N2O4/c1-18(2,3)14-9-15(20-24-14)19-17(21)12-8-11-6-5-7-13(22-4)16(11)23-10-12/h5-7,9,12H,8,10H2,1-4H3,(H,19,20,21). The number of carbonyl (C=O) groups excluding carboxylic acids is 1. The molecule has 0 spiro atoms. The topological polar surface area (TPSA) is 73.6 Å². The van der Waals surface area contributed by atoms with Crippen LogP contribution in [0.2, 0.25) is 0 Å². The van der Waals surface area contributed by atoms with E-state index >= 15 is 0 Å². The summed E-state index contributed by atoms with van der Waals surface area (Å²) in [6.45, 7) is 6.39. The molecule has 1 aliphatic heterocycles. The number of benzene rings is 1. The molecule has 0 saturated carbocycles. The van der Waals surface area contributed by atoms with Gasteiger partial charge in [-0.25, -0.2) is 0 Å². The van der Waals surface area contributed by atoms with Crippen molar-refractivity contribution in [3.05, 3.63) is 35.6 Å². The molecule has 0 aliphatic carbocycles. The highest BCUT2D eigenvalue weighted by Crippen LogP contribution is 2.36. The summed E-state index contributed by atoms with van der Waals surface area (Å²) in [4.78, 5) is 12.5. The maximum Gasteiger partial charge on any atom is 0.232 e. The Kier molecular flexibility index (Phi) is 4.22. The van der Waals surface area contributed by atoms with Crippen LogP contribution in [0.3, 0.4) is 0 Å². The number of anilines is 1. The summed E-state index contributed by atoms with van der Waals surface area (Å²) in [6.07, 6.45) is 0.600. The molecular weight excluding hydrogens is 308 g/mol. The Morgan fingerprint density at radius 3 is 2.83 bits per heavy atom. The van der Waals surface area contributed by atoms with Crippen molar-refractivity contribution in [3.8, 4) is 11.5 Å². The summed E-state index contributed by atoms with van der Waals surface area (Å²) in [6, 6.07) is 7.46. The van der Waals surface area contributed by atoms with Crippen molar-refractivity contribution in [1.29, 1.82) is 0 Å². The number of aromatic nitrogens is 1. The maximum absolute atomic E-state index is 12.5. The third-order valence-electron chi connectivity index (χ3n) is 4.05. The van der Waals surface area contributed by atoms with Gasteiger partial charge in [-0.05, 0) is 18.1 Å². The number of para-hydroxylation sites is 1. The van der Waals surface area contributed by atoms with Gasteiger partial charge in [-0.3, -0.25) is 4.79 Å². The molecule has 1 amide bonds. The van der Waals surface area contributed by atoms with E-state index in [0.717, 1.165) is 17.1 Å². The molecule has 1 unspecified atom stereocenters. The zero-order valence-electron chi connectivity index (χ0n) is 14.4. The van der Waals surface area contributed by atoms with Gasteiger partial charge in [-0.15, -0.1) is 0 Å². The minimum absolute atomic E-state index is 0.128. The van der Waals surface area contributed by atoms with E-state index in [1.807, 2.05) is 39.0 Å². The van der Waals surface area contributed by atoms with Gasteiger partial charge in [0.05, 0.1) is 13.0 Å². The number of amides is 1. The Bertz CT molecular complexity index is 746. The van der Waals surface area contributed by atoms with Crippen LogP contribution in [0.4, 0.5) is 5.82 Å². The average molecular weight is 330 g/mol. The van der Waals surface area contributed by atoms with Crippen LogP contribution < -0.4 is 14.8 Å². The summed E-state index contributed by atoms with van der Waals surface area (Å²) in [5, 5.41) is 6.73. The Balaban J connectivity index is 1.69. The molecule has 1 N–H and O–H groups in total. The van der Waals surface area contributed by atoms with Gasteiger partial charge in [0, 0.05) is 11.5 Å². The van der Waals surface area contributed by atoms with Crippen molar-refractivity contribution in [1.82, 2.24) is 5.16 Å². The van der Waals surface area contributed by atoms with Crippen molar-refractivity contribution in [2.45, 2.75) is 32.6 Å². The SMILES string of the molecule is COc1cccc2c1OCC(C(=O)Nc1cc(C(C)(C)C)on1)C2. The monoisotopic (exact) mass is 330 g/mol. The van der Waals surface area contributed by atoms with Gasteiger partial charge in [0.2, 0.25) is 5.91 Å². The van der Waals surface area contributed by atoms with Crippen molar-refractivity contribution < 1.29 is 18.8 Å². The van der Waals surface area contributed by atoms with Crippen molar-refractivity contribution >= 4 is 11.7 Å². The van der Waals surface area contributed by atoms with Gasteiger partial charge in [-0.1, -0.05) is 38.1 Å². The molecule has 0 bridgehead atoms. The minimum Gasteiger partial charge on any atom is -0.493 e. The molecule has 1 aromatic carbocycles. The fourth-order valence-corrected chi connectivity index (χ4v) is 2.64. The molecule has 128 valence electrons. The molecule has 2 heterocycles. The Morgan fingerprint density at radius 2 is 2.17 bits per heavy atom. The quantitative estimate of drug-likeness (QED) is 0.936. The summed E-state index contributed by atoms with van der Waals surface area (Å²) >= 11 is 0. The van der Waals surface area contributed by atoms with Crippen LogP contribution in [0.25, 0.3) is 0 Å². The van der Waals surface area contributed by atoms with Crippen molar-refractivity contribution in [3.63, 3.8) is 0 Å². The number of rotatable bonds is 3. The summed E-state index contributed by atoms with van der Waals surface area (Å²) < 4.78 is 16.3. The molecule has 6 nitrogen and oxygen atoms in total. The highest BCUT2D eigenvalue weighted by molar-refractivity contribution is 5.92. The summed E-state index contributed by atoms with van der Waals surface area (Å²) in [7, 11) is 1.61. The molecule has 0 fully saturated rings. The number of carbonyl (C=O) groups is 1. The van der Waals surface area contributed by atoms with Gasteiger partial charge in [0.15, 0.2) is 17.3 Å². The second kappa shape index (κ2) is 6.19. The normalized spacial score (nSPS) is 16.9. The fraction of sp³-hybridized carbons (Fsp3) is 0.444. The first kappa shape index (κ1) is 16.4. The second-order valence-corrected chi connectivity index (χ2v) is 6.98. The van der Waals surface area contributed by atoms with Gasteiger partial charge >= 0.3 is 0 Å². The van der Waals surface area contributed by atoms with E-state index in [-0.39, 0.29) is 17.2 Å². The minimum atomic E-state index is -0.278. The number of ether oxygens (including phenoxy) is 2. The van der Waals surface area contributed by atoms with E-state index in [9.17, 15) is 4.79 Å². The molecule has 3 rings (SSSR count). The third kappa shape index (κ3) is 3.22. The lowest BCUT2D eigenvalue weighted by molar-refractivity contribution is -0.121. The van der Waals surface area contributed by atoms with Crippen LogP contribution in [0, 0.1) is 5.92 Å². The Morgan fingerprint density at radius 1 is 1.38 bits per heavy atom. The van der Waals surface area contributed by atoms with Crippen LogP contribution in [-0.4, -0.2) is 24.8 Å². The first-order valence-electron chi connectivity index (χ1n) is 7.95. The lowest BCUT2D eigenvalue weighted by atomic mass is 9.93. The average Bonchev–Trinajstić information content (AvgIpc) is 3.02. The van der Waals surface area contributed by atoms with Crippen LogP contribution in [-0.2, 0) is 16.6 Å². The number of hydrogen-bond acceptors (Lipinski definition) is 5. The van der Waals surface area contributed by atoms with E-state index in [0.29, 0.717) is 24.6 Å². The lowest BCUT2D eigenvalue weighted by Crippen LogP contribution is -2.32. The van der Waals surface area contributed by atoms with Crippen molar-refractivity contribution in [2.24, 2.45) is 5.92 Å². The van der Waals surface area contributed by atoms with Gasteiger partial charge in [-0.2, -0.15) is 0 Å². The highest BCUT2D eigenvalue weighted by Gasteiger charge is 2.29. The summed E-state index contributed by atoms with van der Waals surface area (Å²) in [5.41, 5.74) is 0.815. The van der Waals surface area contributed by atoms with E-state index in [2.05, 4.69) is 10.5 Å². The Hall–Kier alpha value is -2.50. The maximum atomic E-state index is 12.5. The number of hydrogen-bond donors (Lipinski definition) is 1. The first-order valence-corrected chi connectivity index (χ1v) is 7.95. The van der Waals surface area contributed by atoms with E-state index in [4.69, 9.17) is 14.0 Å². The van der Waals surface area contributed by atoms with Crippen LogP contribution in [0.15, 0.2) is 28.8 Å². The van der Waals surface area contributed by atoms with Crippen LogP contribution >= 0.6 is 0 Å². The molecule has 0 radical (unpaired) electrons. The van der Waals surface area contributed by atoms with Crippen molar-refractivity contribution in [2.75, 3.05) is 19.0 Å². The highest BCUT2D eigenvalue weighted by atomic mass is 16.5. The predicted octanol–water partition coefficient (Wildman–Crippen LogP) is 3.17. The molecule has 1 atom stereocenters. The number of fused-ring (bicyclic) bond motifs is 1. The molecule has 6 heteroatoms. The van der Waals surface area contributed by atoms with Gasteiger partial charge < -0.3 is 19.3 Å². The number of nitrogens with zero attached hydrogens (tertiary/aromatic N) is 1. The second-order valence-electron chi connectivity index (χ2n) is 6.98. The molecule has 2 aromatic rings. The summed E-state index contributed by atoms with van der Waals surface area (Å²) in [5.74, 6) is 2.17. The zero-order valence-corrected chi connectivity index (χ0v) is 14.4. The molecule has 1 aromatic heterocycles. The molecule has 0 saturated heterocycles. The third-order valence-corrected chi connectivity index (χ3v) is 4.05. The smallest absolute Gasteiger partial charge is 0.232 e. The fourth-order valence-electron chi connectivity index (χ4n) is 2.64. The Labute approximate surface area is 141 Å². The van der Waals surface area contributed by atoms with Gasteiger partial charge in [0.1, 0.15) is 12.4 Å². The first-order chi connectivity index (χ1) is 11.4. The molecular formula is C18H22N2O4. The van der Waals surface area contributed by atoms with E-state index in [1.54, 1.807) is 13.2 Å². The largest absolute Gasteiger partial charge is 0.493 e. The number of methoxy groups -OCH3 is 1. The number of nitrogens with one attached hydrogen (secondary N) is 1. The predicted molar refractivity (Wildman–Crippen MR) is 89.5 cm³/mol. The molecule has 24 heavy (non-hydrogen) atoms. The molecule has 1 aliphatic rings.